The molecule has 1 aliphatic rings. The van der Waals surface area contributed by atoms with Crippen LogP contribution in [-0.2, 0) is 0 Å². The van der Waals surface area contributed by atoms with E-state index in [1.807, 2.05) is 50.2 Å². The van der Waals surface area contributed by atoms with Crippen molar-refractivity contribution < 1.29 is 18.7 Å². The Morgan fingerprint density at radius 3 is 2.51 bits per heavy atom. The molecule has 0 bridgehead atoms. The molecule has 7 nitrogen and oxygen atoms in total. The van der Waals surface area contributed by atoms with E-state index in [4.69, 9.17) is 13.9 Å². The number of rotatable bonds is 7. The van der Waals surface area contributed by atoms with Crippen LogP contribution in [0.25, 0.3) is 11.0 Å². The number of nitrogens with zero attached hydrogens (tertiary/aromatic N) is 2. The van der Waals surface area contributed by atoms with Crippen molar-refractivity contribution in [2.45, 2.75) is 40.2 Å². The van der Waals surface area contributed by atoms with E-state index in [2.05, 4.69) is 18.8 Å². The van der Waals surface area contributed by atoms with Crippen molar-refractivity contribution in [3.8, 4) is 11.5 Å². The lowest BCUT2D eigenvalue weighted by molar-refractivity contribution is 0.0970. The molecule has 190 valence electrons. The van der Waals surface area contributed by atoms with Gasteiger partial charge in [-0.15, -0.1) is 0 Å². The quantitative estimate of drug-likeness (QED) is 0.311. The van der Waals surface area contributed by atoms with Crippen molar-refractivity contribution in [3.63, 3.8) is 0 Å². The van der Waals surface area contributed by atoms with Crippen molar-refractivity contribution >= 4 is 22.7 Å². The number of carbonyl (C=O) groups is 1. The number of amides is 1. The van der Waals surface area contributed by atoms with Crippen LogP contribution in [0.5, 0.6) is 11.5 Å². The number of ether oxygens (including phenoxy) is 2. The Morgan fingerprint density at radius 2 is 1.78 bits per heavy atom. The highest BCUT2D eigenvalue weighted by molar-refractivity contribution is 6.10. The van der Waals surface area contributed by atoms with Gasteiger partial charge in [0.15, 0.2) is 16.9 Å². The van der Waals surface area contributed by atoms with Gasteiger partial charge >= 0.3 is 0 Å². The third kappa shape index (κ3) is 4.46. The first-order chi connectivity index (χ1) is 17.8. The molecule has 0 unspecified atom stereocenters. The fourth-order valence-corrected chi connectivity index (χ4v) is 4.67. The van der Waals surface area contributed by atoms with E-state index < -0.39 is 11.9 Å². The first kappa shape index (κ1) is 24.6. The minimum absolute atomic E-state index is 0.0332. The molecule has 37 heavy (non-hydrogen) atoms. The fourth-order valence-electron chi connectivity index (χ4n) is 4.67. The van der Waals surface area contributed by atoms with Gasteiger partial charge in [-0.25, -0.2) is 4.98 Å². The second-order valence-electron chi connectivity index (χ2n) is 9.88. The molecular formula is C30H30N2O5. The van der Waals surface area contributed by atoms with Gasteiger partial charge in [0.2, 0.25) is 5.76 Å². The molecule has 0 N–H and O–H groups in total. The maximum Gasteiger partial charge on any atom is 0.296 e. The summed E-state index contributed by atoms with van der Waals surface area (Å²) in [5.74, 6) is 1.72. The van der Waals surface area contributed by atoms with Gasteiger partial charge in [0.1, 0.15) is 11.4 Å². The number of hydrogen-bond acceptors (Lipinski definition) is 6. The van der Waals surface area contributed by atoms with Crippen LogP contribution >= 0.6 is 0 Å². The summed E-state index contributed by atoms with van der Waals surface area (Å²) in [6, 6.07) is 13.8. The SMILES string of the molecule is COc1cc([C@@H]2c3c(oc4ccc(C)cc4c3=O)C(=O)N2c2cc(C)ccn2)ccc1OCCC(C)C. The number of benzene rings is 2. The second kappa shape index (κ2) is 9.73. The average Bonchev–Trinajstić information content (AvgIpc) is 3.17. The molecule has 3 heterocycles. The normalized spacial score (nSPS) is 14.9. The molecular weight excluding hydrogens is 468 g/mol. The van der Waals surface area contributed by atoms with Crippen molar-refractivity contribution in [1.29, 1.82) is 0 Å². The Bertz CT molecular complexity index is 1560. The minimum Gasteiger partial charge on any atom is -0.493 e. The summed E-state index contributed by atoms with van der Waals surface area (Å²) < 4.78 is 17.7. The molecule has 0 saturated heterocycles. The second-order valence-corrected chi connectivity index (χ2v) is 9.88. The van der Waals surface area contributed by atoms with Crippen LogP contribution in [-0.4, -0.2) is 24.6 Å². The third-order valence-corrected chi connectivity index (χ3v) is 6.63. The van der Waals surface area contributed by atoms with E-state index >= 15 is 0 Å². The number of pyridine rings is 1. The van der Waals surface area contributed by atoms with Crippen LogP contribution in [0.4, 0.5) is 5.82 Å². The fraction of sp³-hybridized carbons (Fsp3) is 0.300. The van der Waals surface area contributed by atoms with Crippen molar-refractivity contribution in [3.05, 3.63) is 93.0 Å². The monoisotopic (exact) mass is 498 g/mol. The van der Waals surface area contributed by atoms with Crippen LogP contribution in [0.3, 0.4) is 0 Å². The summed E-state index contributed by atoms with van der Waals surface area (Å²) in [5.41, 5.74) is 3.02. The molecule has 7 heteroatoms. The molecule has 1 aliphatic heterocycles. The van der Waals surface area contributed by atoms with Crippen molar-refractivity contribution in [2.75, 3.05) is 18.6 Å². The van der Waals surface area contributed by atoms with Gasteiger partial charge in [-0.05, 0) is 73.7 Å². The Morgan fingerprint density at radius 1 is 1.00 bits per heavy atom. The molecule has 4 aromatic rings. The molecule has 0 aliphatic carbocycles. The number of methoxy groups -OCH3 is 1. The molecule has 0 spiro atoms. The van der Waals surface area contributed by atoms with Crippen LogP contribution < -0.4 is 19.8 Å². The van der Waals surface area contributed by atoms with Gasteiger partial charge in [0.05, 0.1) is 30.7 Å². The minimum atomic E-state index is -0.739. The van der Waals surface area contributed by atoms with E-state index in [9.17, 15) is 9.59 Å². The maximum atomic E-state index is 13.9. The van der Waals surface area contributed by atoms with Crippen LogP contribution in [0.1, 0.15) is 59.1 Å². The number of aromatic nitrogens is 1. The van der Waals surface area contributed by atoms with Crippen molar-refractivity contribution in [1.82, 2.24) is 4.98 Å². The summed E-state index contributed by atoms with van der Waals surface area (Å²) in [6.45, 7) is 8.69. The van der Waals surface area contributed by atoms with E-state index in [1.165, 1.54) is 4.90 Å². The van der Waals surface area contributed by atoms with Gasteiger partial charge < -0.3 is 13.9 Å². The van der Waals surface area contributed by atoms with Crippen LogP contribution in [0.15, 0.2) is 63.9 Å². The van der Waals surface area contributed by atoms with Gasteiger partial charge in [0.25, 0.3) is 5.91 Å². The largest absolute Gasteiger partial charge is 0.493 e. The van der Waals surface area contributed by atoms with E-state index in [-0.39, 0.29) is 11.2 Å². The average molecular weight is 499 g/mol. The van der Waals surface area contributed by atoms with Gasteiger partial charge in [0, 0.05) is 6.20 Å². The highest BCUT2D eigenvalue weighted by Crippen LogP contribution is 2.43. The maximum absolute atomic E-state index is 13.9. The number of fused-ring (bicyclic) bond motifs is 2. The summed E-state index contributed by atoms with van der Waals surface area (Å²) in [7, 11) is 1.58. The number of hydrogen-bond donors (Lipinski definition) is 0. The highest BCUT2D eigenvalue weighted by Gasteiger charge is 2.44. The number of aryl methyl sites for hydroxylation is 2. The molecule has 2 aromatic carbocycles. The lowest BCUT2D eigenvalue weighted by atomic mass is 9.97. The molecule has 0 radical (unpaired) electrons. The zero-order chi connectivity index (χ0) is 26.3. The Hall–Kier alpha value is -4.13. The molecule has 0 fully saturated rings. The highest BCUT2D eigenvalue weighted by atomic mass is 16.5. The summed E-state index contributed by atoms with van der Waals surface area (Å²) in [4.78, 5) is 33.6. The smallest absolute Gasteiger partial charge is 0.296 e. The first-order valence-corrected chi connectivity index (χ1v) is 12.4. The predicted octanol–water partition coefficient (Wildman–Crippen LogP) is 5.99. The van der Waals surface area contributed by atoms with Crippen molar-refractivity contribution in [2.24, 2.45) is 5.92 Å². The third-order valence-electron chi connectivity index (χ3n) is 6.63. The molecule has 1 amide bonds. The Labute approximate surface area is 215 Å². The van der Waals surface area contributed by atoms with E-state index in [0.717, 1.165) is 17.5 Å². The van der Waals surface area contributed by atoms with Gasteiger partial charge in [-0.1, -0.05) is 31.5 Å². The first-order valence-electron chi connectivity index (χ1n) is 12.4. The number of carbonyl (C=O) groups excluding carboxylic acids is 1. The van der Waals surface area contributed by atoms with E-state index in [0.29, 0.717) is 51.9 Å². The van der Waals surface area contributed by atoms with Gasteiger partial charge in [-0.3, -0.25) is 14.5 Å². The Kier molecular flexibility index (Phi) is 6.46. The topological polar surface area (TPSA) is 81.9 Å². The molecule has 0 saturated carbocycles. The lowest BCUT2D eigenvalue weighted by Crippen LogP contribution is -2.30. The van der Waals surface area contributed by atoms with Gasteiger partial charge in [-0.2, -0.15) is 0 Å². The Balaban J connectivity index is 1.69. The molecule has 1 atom stereocenters. The summed E-state index contributed by atoms with van der Waals surface area (Å²) >= 11 is 0. The summed E-state index contributed by atoms with van der Waals surface area (Å²) in [5, 5.41) is 0.441. The van der Waals surface area contributed by atoms with Crippen LogP contribution in [0.2, 0.25) is 0 Å². The predicted molar refractivity (Wildman–Crippen MR) is 143 cm³/mol. The zero-order valence-corrected chi connectivity index (χ0v) is 21.7. The molecule has 5 rings (SSSR count). The zero-order valence-electron chi connectivity index (χ0n) is 21.7. The standard InChI is InChI=1S/C30H30N2O5/c1-17(2)11-13-36-23-9-7-20(16-24(23)35-5)27-26-28(33)21-14-18(3)6-8-22(21)37-29(26)30(34)32(27)25-15-19(4)10-12-31-25/h6-10,12,14-17,27H,11,13H2,1-5H3/t27-/m1/s1. The number of anilines is 1. The molecule has 2 aromatic heterocycles. The lowest BCUT2D eigenvalue weighted by Gasteiger charge is -2.25. The van der Waals surface area contributed by atoms with Crippen LogP contribution in [0, 0.1) is 19.8 Å². The van der Waals surface area contributed by atoms with E-state index in [1.54, 1.807) is 25.4 Å². The summed E-state index contributed by atoms with van der Waals surface area (Å²) in [6.07, 6.45) is 2.56.